The lowest BCUT2D eigenvalue weighted by molar-refractivity contribution is -0.134. The highest BCUT2D eigenvalue weighted by Crippen LogP contribution is 2.21. The van der Waals surface area contributed by atoms with Crippen molar-refractivity contribution in [3.8, 4) is 5.88 Å². The molecular formula is C9H12F3N3O. The summed E-state index contributed by atoms with van der Waals surface area (Å²) in [5.41, 5.74) is 0. The quantitative estimate of drug-likeness (QED) is 0.795. The van der Waals surface area contributed by atoms with E-state index in [1.807, 2.05) is 0 Å². The van der Waals surface area contributed by atoms with Gasteiger partial charge in [0.05, 0.1) is 7.11 Å². The van der Waals surface area contributed by atoms with Crippen LogP contribution in [-0.4, -0.2) is 29.8 Å². The molecule has 0 aliphatic carbocycles. The third-order valence-corrected chi connectivity index (χ3v) is 1.79. The Morgan fingerprint density at radius 1 is 1.38 bits per heavy atom. The Morgan fingerprint density at radius 2 is 2.12 bits per heavy atom. The summed E-state index contributed by atoms with van der Waals surface area (Å²) in [5, 5.41) is 2.76. The number of methoxy groups -OCH3 is 1. The minimum Gasteiger partial charge on any atom is -0.481 e. The average Bonchev–Trinajstić information content (AvgIpc) is 2.23. The van der Waals surface area contributed by atoms with Crippen LogP contribution in [0.5, 0.6) is 5.88 Å². The number of alkyl halides is 3. The Morgan fingerprint density at radius 3 is 2.75 bits per heavy atom. The summed E-state index contributed by atoms with van der Waals surface area (Å²) in [5.74, 6) is 0.822. The standard InChI is InChI=1S/C9H12F3N3O/c1-16-8-5-7(14-6-15-8)13-4-2-3-9(10,11)12/h5-6H,2-4H2,1H3,(H,13,14,15). The first kappa shape index (κ1) is 12.5. The van der Waals surface area contributed by atoms with Crippen molar-refractivity contribution in [3.63, 3.8) is 0 Å². The molecule has 0 fully saturated rings. The average molecular weight is 235 g/mol. The van der Waals surface area contributed by atoms with Crippen molar-refractivity contribution in [3.05, 3.63) is 12.4 Å². The third-order valence-electron chi connectivity index (χ3n) is 1.79. The molecular weight excluding hydrogens is 223 g/mol. The van der Waals surface area contributed by atoms with E-state index >= 15 is 0 Å². The molecule has 0 aliphatic heterocycles. The van der Waals surface area contributed by atoms with Gasteiger partial charge >= 0.3 is 6.18 Å². The zero-order valence-corrected chi connectivity index (χ0v) is 8.71. The van der Waals surface area contributed by atoms with E-state index in [9.17, 15) is 13.2 Å². The Kier molecular flexibility index (Phi) is 4.33. The van der Waals surface area contributed by atoms with Gasteiger partial charge in [-0.25, -0.2) is 9.97 Å². The number of hydrogen-bond acceptors (Lipinski definition) is 4. The molecule has 7 heteroatoms. The van der Waals surface area contributed by atoms with Gasteiger partial charge in [-0.2, -0.15) is 13.2 Å². The van der Waals surface area contributed by atoms with E-state index in [2.05, 4.69) is 15.3 Å². The van der Waals surface area contributed by atoms with Gasteiger partial charge in [-0.15, -0.1) is 0 Å². The molecule has 0 radical (unpaired) electrons. The first-order valence-corrected chi connectivity index (χ1v) is 4.68. The van der Waals surface area contributed by atoms with E-state index in [0.29, 0.717) is 11.7 Å². The summed E-state index contributed by atoms with van der Waals surface area (Å²) < 4.78 is 40.3. The predicted octanol–water partition coefficient (Wildman–Crippen LogP) is 2.24. The van der Waals surface area contributed by atoms with Crippen molar-refractivity contribution >= 4 is 5.82 Å². The zero-order valence-electron chi connectivity index (χ0n) is 8.71. The maximum atomic E-state index is 11.8. The summed E-state index contributed by atoms with van der Waals surface area (Å²) in [7, 11) is 1.45. The molecule has 90 valence electrons. The van der Waals surface area contributed by atoms with Gasteiger partial charge in [-0.3, -0.25) is 0 Å². The van der Waals surface area contributed by atoms with Crippen LogP contribution in [-0.2, 0) is 0 Å². The number of halogens is 3. The molecule has 0 aromatic carbocycles. The van der Waals surface area contributed by atoms with Crippen molar-refractivity contribution < 1.29 is 17.9 Å². The fraction of sp³-hybridized carbons (Fsp3) is 0.556. The van der Waals surface area contributed by atoms with E-state index in [0.717, 1.165) is 0 Å². The Bertz CT molecular complexity index is 330. The lowest BCUT2D eigenvalue weighted by atomic mass is 10.3. The van der Waals surface area contributed by atoms with Crippen molar-refractivity contribution in [2.24, 2.45) is 0 Å². The number of hydrogen-bond donors (Lipinski definition) is 1. The highest BCUT2D eigenvalue weighted by molar-refractivity contribution is 5.36. The topological polar surface area (TPSA) is 47.0 Å². The zero-order chi connectivity index (χ0) is 12.0. The van der Waals surface area contributed by atoms with Gasteiger partial charge < -0.3 is 10.1 Å². The summed E-state index contributed by atoms with van der Waals surface area (Å²) in [4.78, 5) is 7.61. The van der Waals surface area contributed by atoms with E-state index < -0.39 is 12.6 Å². The summed E-state index contributed by atoms with van der Waals surface area (Å²) in [6.07, 6.45) is -3.62. The molecule has 1 N–H and O–H groups in total. The van der Waals surface area contributed by atoms with Crippen LogP contribution in [0, 0.1) is 0 Å². The summed E-state index contributed by atoms with van der Waals surface area (Å²) in [6, 6.07) is 1.52. The Labute approximate surface area is 90.9 Å². The fourth-order valence-electron chi connectivity index (χ4n) is 1.05. The van der Waals surface area contributed by atoms with Gasteiger partial charge in [0, 0.05) is 19.0 Å². The van der Waals surface area contributed by atoms with Gasteiger partial charge in [-0.05, 0) is 6.42 Å². The number of nitrogens with one attached hydrogen (secondary N) is 1. The number of rotatable bonds is 5. The second-order valence-electron chi connectivity index (χ2n) is 3.09. The normalized spacial score (nSPS) is 11.2. The molecule has 1 heterocycles. The highest BCUT2D eigenvalue weighted by Gasteiger charge is 2.25. The van der Waals surface area contributed by atoms with Crippen molar-refractivity contribution in [2.45, 2.75) is 19.0 Å². The van der Waals surface area contributed by atoms with E-state index in [-0.39, 0.29) is 13.0 Å². The lowest BCUT2D eigenvalue weighted by Crippen LogP contribution is -2.11. The smallest absolute Gasteiger partial charge is 0.389 e. The molecule has 16 heavy (non-hydrogen) atoms. The Balaban J connectivity index is 2.32. The van der Waals surface area contributed by atoms with E-state index in [1.54, 1.807) is 0 Å². The number of ether oxygens (including phenoxy) is 1. The second kappa shape index (κ2) is 5.53. The van der Waals surface area contributed by atoms with Crippen molar-refractivity contribution in [1.82, 2.24) is 9.97 Å². The summed E-state index contributed by atoms with van der Waals surface area (Å²) >= 11 is 0. The largest absolute Gasteiger partial charge is 0.481 e. The summed E-state index contributed by atoms with van der Waals surface area (Å²) in [6.45, 7) is 0.208. The lowest BCUT2D eigenvalue weighted by Gasteiger charge is -2.08. The van der Waals surface area contributed by atoms with Gasteiger partial charge in [0.25, 0.3) is 0 Å². The first-order chi connectivity index (χ1) is 7.51. The molecule has 1 aromatic rings. The second-order valence-corrected chi connectivity index (χ2v) is 3.09. The molecule has 0 aliphatic rings. The molecule has 0 bridgehead atoms. The molecule has 0 saturated carbocycles. The molecule has 0 spiro atoms. The molecule has 0 saturated heterocycles. The number of aromatic nitrogens is 2. The highest BCUT2D eigenvalue weighted by atomic mass is 19.4. The van der Waals surface area contributed by atoms with Crippen LogP contribution >= 0.6 is 0 Å². The van der Waals surface area contributed by atoms with Crippen molar-refractivity contribution in [1.29, 1.82) is 0 Å². The monoisotopic (exact) mass is 235 g/mol. The van der Waals surface area contributed by atoms with Gasteiger partial charge in [0.15, 0.2) is 0 Å². The third kappa shape index (κ3) is 4.81. The van der Waals surface area contributed by atoms with Gasteiger partial charge in [0.2, 0.25) is 5.88 Å². The van der Waals surface area contributed by atoms with Crippen LogP contribution < -0.4 is 10.1 Å². The SMILES string of the molecule is COc1cc(NCCCC(F)(F)F)ncn1. The number of anilines is 1. The predicted molar refractivity (Wildman–Crippen MR) is 52.4 cm³/mol. The maximum absolute atomic E-state index is 11.8. The molecule has 4 nitrogen and oxygen atoms in total. The fourth-order valence-corrected chi connectivity index (χ4v) is 1.05. The maximum Gasteiger partial charge on any atom is 0.389 e. The minimum absolute atomic E-state index is 0.00974. The van der Waals surface area contributed by atoms with Gasteiger partial charge in [0.1, 0.15) is 12.1 Å². The number of nitrogens with zero attached hydrogens (tertiary/aromatic N) is 2. The molecule has 1 aromatic heterocycles. The Hall–Kier alpha value is -1.53. The first-order valence-electron chi connectivity index (χ1n) is 4.68. The van der Waals surface area contributed by atoms with Crippen molar-refractivity contribution in [2.75, 3.05) is 19.0 Å². The molecule has 1 rings (SSSR count). The van der Waals surface area contributed by atoms with Crippen LogP contribution in [0.3, 0.4) is 0 Å². The van der Waals surface area contributed by atoms with Gasteiger partial charge in [-0.1, -0.05) is 0 Å². The van der Waals surface area contributed by atoms with Crippen LogP contribution in [0.15, 0.2) is 12.4 Å². The molecule has 0 atom stereocenters. The van der Waals surface area contributed by atoms with Crippen LogP contribution in [0.4, 0.5) is 19.0 Å². The van der Waals surface area contributed by atoms with E-state index in [4.69, 9.17) is 4.74 Å². The van der Waals surface area contributed by atoms with Crippen LogP contribution in [0.25, 0.3) is 0 Å². The molecule has 0 unspecified atom stereocenters. The minimum atomic E-state index is -4.11. The van der Waals surface area contributed by atoms with Crippen LogP contribution in [0.1, 0.15) is 12.8 Å². The van der Waals surface area contributed by atoms with Crippen LogP contribution in [0.2, 0.25) is 0 Å². The molecule has 0 amide bonds. The van der Waals surface area contributed by atoms with E-state index in [1.165, 1.54) is 19.5 Å².